The van der Waals surface area contributed by atoms with E-state index in [0.29, 0.717) is 5.69 Å². The number of rotatable bonds is 3. The average Bonchev–Trinajstić information content (AvgIpc) is 2.33. The molecular formula is C12H10N2O2S. The lowest BCUT2D eigenvalue weighted by Gasteiger charge is -2.05. The molecule has 0 unspecified atom stereocenters. The van der Waals surface area contributed by atoms with E-state index < -0.39 is 5.97 Å². The molecule has 0 saturated heterocycles. The molecule has 2 rings (SSSR count). The summed E-state index contributed by atoms with van der Waals surface area (Å²) in [5.41, 5.74) is 6.43. The fraction of sp³-hybridized carbons (Fsp3) is 0. The van der Waals surface area contributed by atoms with Crippen LogP contribution in [0.3, 0.4) is 0 Å². The van der Waals surface area contributed by atoms with E-state index in [1.165, 1.54) is 23.9 Å². The van der Waals surface area contributed by atoms with Crippen molar-refractivity contribution in [2.24, 2.45) is 0 Å². The van der Waals surface area contributed by atoms with Crippen LogP contribution in [0.4, 0.5) is 5.69 Å². The highest BCUT2D eigenvalue weighted by molar-refractivity contribution is 7.99. The zero-order chi connectivity index (χ0) is 12.3. The molecule has 0 amide bonds. The average molecular weight is 246 g/mol. The molecule has 0 bridgehead atoms. The zero-order valence-corrected chi connectivity index (χ0v) is 9.65. The lowest BCUT2D eigenvalue weighted by atomic mass is 10.2. The molecule has 0 saturated carbocycles. The minimum absolute atomic E-state index is 0.188. The smallest absolute Gasteiger partial charge is 0.335 e. The van der Waals surface area contributed by atoms with Crippen LogP contribution in [-0.4, -0.2) is 16.1 Å². The fourth-order valence-electron chi connectivity index (χ4n) is 1.29. The molecule has 0 aliphatic heterocycles. The van der Waals surface area contributed by atoms with E-state index in [0.717, 1.165) is 9.92 Å². The van der Waals surface area contributed by atoms with Crippen LogP contribution in [-0.2, 0) is 0 Å². The monoisotopic (exact) mass is 246 g/mol. The van der Waals surface area contributed by atoms with Crippen LogP contribution in [0.5, 0.6) is 0 Å². The first-order valence-electron chi connectivity index (χ1n) is 4.88. The maximum atomic E-state index is 10.7. The minimum Gasteiger partial charge on any atom is -0.478 e. The summed E-state index contributed by atoms with van der Waals surface area (Å²) in [6.45, 7) is 0. The van der Waals surface area contributed by atoms with Crippen molar-refractivity contribution in [2.75, 3.05) is 5.73 Å². The number of nitrogens with zero attached hydrogens (tertiary/aromatic N) is 1. The van der Waals surface area contributed by atoms with Gasteiger partial charge in [-0.25, -0.2) is 9.78 Å². The topological polar surface area (TPSA) is 76.2 Å². The van der Waals surface area contributed by atoms with Crippen LogP contribution in [0, 0.1) is 0 Å². The van der Waals surface area contributed by atoms with E-state index in [-0.39, 0.29) is 5.56 Å². The highest BCUT2D eigenvalue weighted by Gasteiger charge is 2.07. The molecule has 86 valence electrons. The van der Waals surface area contributed by atoms with E-state index in [1.807, 2.05) is 18.2 Å². The Hall–Kier alpha value is -2.01. The molecule has 3 N–H and O–H groups in total. The van der Waals surface area contributed by atoms with Crippen LogP contribution in [0.2, 0.25) is 0 Å². The first-order chi connectivity index (χ1) is 8.16. The predicted octanol–water partition coefficient (Wildman–Crippen LogP) is 2.51. The first kappa shape index (κ1) is 11.5. The number of pyridine rings is 1. The number of carbonyl (C=O) groups is 1. The van der Waals surface area contributed by atoms with Crippen LogP contribution in [0.1, 0.15) is 10.4 Å². The van der Waals surface area contributed by atoms with Crippen molar-refractivity contribution >= 4 is 23.4 Å². The number of anilines is 1. The van der Waals surface area contributed by atoms with Gasteiger partial charge in [-0.05, 0) is 30.3 Å². The molecule has 1 aromatic heterocycles. The molecule has 0 aliphatic carbocycles. The third kappa shape index (κ3) is 2.76. The fourth-order valence-corrected chi connectivity index (χ4v) is 2.09. The summed E-state index contributed by atoms with van der Waals surface area (Å²) in [6.07, 6.45) is 1.70. The second-order valence-corrected chi connectivity index (χ2v) is 4.39. The van der Waals surface area contributed by atoms with E-state index >= 15 is 0 Å². The normalized spacial score (nSPS) is 10.1. The van der Waals surface area contributed by atoms with Gasteiger partial charge in [-0.1, -0.05) is 17.8 Å². The van der Waals surface area contributed by atoms with Crippen molar-refractivity contribution in [1.82, 2.24) is 4.98 Å². The lowest BCUT2D eigenvalue weighted by molar-refractivity contribution is 0.0697. The molecule has 4 nitrogen and oxygen atoms in total. The van der Waals surface area contributed by atoms with Gasteiger partial charge in [0.25, 0.3) is 0 Å². The number of aromatic carboxylic acids is 1. The maximum Gasteiger partial charge on any atom is 0.335 e. The maximum absolute atomic E-state index is 10.7. The second kappa shape index (κ2) is 4.88. The Morgan fingerprint density at radius 2 is 2.12 bits per heavy atom. The van der Waals surface area contributed by atoms with Gasteiger partial charge in [0.05, 0.1) is 5.56 Å². The molecular weight excluding hydrogens is 236 g/mol. The Morgan fingerprint density at radius 3 is 2.71 bits per heavy atom. The summed E-state index contributed by atoms with van der Waals surface area (Å²) in [6, 6.07) is 10.3. The van der Waals surface area contributed by atoms with Gasteiger partial charge in [0.1, 0.15) is 5.03 Å². The highest BCUT2D eigenvalue weighted by atomic mass is 32.2. The van der Waals surface area contributed by atoms with Crippen LogP contribution in [0.15, 0.2) is 52.5 Å². The van der Waals surface area contributed by atoms with Gasteiger partial charge >= 0.3 is 5.97 Å². The van der Waals surface area contributed by atoms with E-state index in [1.54, 1.807) is 12.3 Å². The third-order valence-electron chi connectivity index (χ3n) is 2.11. The molecule has 0 aliphatic rings. The number of benzene rings is 1. The van der Waals surface area contributed by atoms with E-state index in [4.69, 9.17) is 10.8 Å². The van der Waals surface area contributed by atoms with E-state index in [9.17, 15) is 4.79 Å². The number of nitrogen functional groups attached to an aromatic ring is 1. The first-order valence-corrected chi connectivity index (χ1v) is 5.70. The third-order valence-corrected chi connectivity index (χ3v) is 3.15. The van der Waals surface area contributed by atoms with E-state index in [2.05, 4.69) is 4.98 Å². The van der Waals surface area contributed by atoms with Gasteiger partial charge in [-0.3, -0.25) is 0 Å². The van der Waals surface area contributed by atoms with Gasteiger partial charge in [0, 0.05) is 16.8 Å². The van der Waals surface area contributed by atoms with Gasteiger partial charge in [-0.15, -0.1) is 0 Å². The van der Waals surface area contributed by atoms with Gasteiger partial charge in [-0.2, -0.15) is 0 Å². The van der Waals surface area contributed by atoms with Crippen molar-refractivity contribution in [3.8, 4) is 0 Å². The number of hydrogen-bond acceptors (Lipinski definition) is 4. The Balaban J connectivity index is 2.26. The largest absolute Gasteiger partial charge is 0.478 e. The van der Waals surface area contributed by atoms with Gasteiger partial charge in [0.2, 0.25) is 0 Å². The molecule has 1 heterocycles. The Kier molecular flexibility index (Phi) is 3.30. The minimum atomic E-state index is -0.980. The SMILES string of the molecule is Nc1cc(C(=O)O)ccc1Sc1ccccn1. The summed E-state index contributed by atoms with van der Waals surface area (Å²) in [5.74, 6) is -0.980. The van der Waals surface area contributed by atoms with Crippen LogP contribution < -0.4 is 5.73 Å². The van der Waals surface area contributed by atoms with Crippen molar-refractivity contribution in [2.45, 2.75) is 9.92 Å². The summed E-state index contributed by atoms with van der Waals surface area (Å²) < 4.78 is 0. The Labute approximate surface area is 102 Å². The van der Waals surface area contributed by atoms with Gasteiger partial charge < -0.3 is 10.8 Å². The zero-order valence-electron chi connectivity index (χ0n) is 8.83. The number of carboxylic acids is 1. The van der Waals surface area contributed by atoms with Crippen molar-refractivity contribution < 1.29 is 9.90 Å². The molecule has 0 fully saturated rings. The second-order valence-electron chi connectivity index (χ2n) is 3.33. The van der Waals surface area contributed by atoms with Crippen molar-refractivity contribution in [1.29, 1.82) is 0 Å². The summed E-state index contributed by atoms with van der Waals surface area (Å²) in [5, 5.41) is 9.64. The quantitative estimate of drug-likeness (QED) is 0.814. The summed E-state index contributed by atoms with van der Waals surface area (Å²) >= 11 is 1.41. The molecule has 0 spiro atoms. The van der Waals surface area contributed by atoms with Crippen molar-refractivity contribution in [3.05, 3.63) is 48.2 Å². The van der Waals surface area contributed by atoms with Crippen molar-refractivity contribution in [3.63, 3.8) is 0 Å². The van der Waals surface area contributed by atoms with Crippen LogP contribution in [0.25, 0.3) is 0 Å². The number of hydrogen-bond donors (Lipinski definition) is 2. The molecule has 2 aromatic rings. The van der Waals surface area contributed by atoms with Crippen LogP contribution >= 0.6 is 11.8 Å². The van der Waals surface area contributed by atoms with Gasteiger partial charge in [0.15, 0.2) is 0 Å². The summed E-state index contributed by atoms with van der Waals surface area (Å²) in [4.78, 5) is 15.7. The number of aromatic nitrogens is 1. The molecule has 0 atom stereocenters. The Morgan fingerprint density at radius 1 is 1.29 bits per heavy atom. The standard InChI is InChI=1S/C12H10N2O2S/c13-9-7-8(12(15)16)4-5-10(9)17-11-3-1-2-6-14-11/h1-7H,13H2,(H,15,16). The summed E-state index contributed by atoms with van der Waals surface area (Å²) in [7, 11) is 0. The Bertz CT molecular complexity index is 543. The molecule has 0 radical (unpaired) electrons. The molecule has 5 heteroatoms. The number of carboxylic acid groups (broad SMARTS) is 1. The lowest BCUT2D eigenvalue weighted by Crippen LogP contribution is -1.98. The predicted molar refractivity (Wildman–Crippen MR) is 66.2 cm³/mol. The molecule has 1 aromatic carbocycles. The molecule has 17 heavy (non-hydrogen) atoms. The number of nitrogens with two attached hydrogens (primary N) is 1. The highest BCUT2D eigenvalue weighted by Crippen LogP contribution is 2.31.